The third kappa shape index (κ3) is 3.63. The van der Waals surface area contributed by atoms with Gasteiger partial charge < -0.3 is 19.7 Å². The Hall–Kier alpha value is -2.22. The zero-order valence-electron chi connectivity index (χ0n) is 15.2. The van der Waals surface area contributed by atoms with Crippen molar-refractivity contribution in [3.05, 3.63) is 51.7 Å². The van der Waals surface area contributed by atoms with Gasteiger partial charge in [0.15, 0.2) is 5.79 Å². The monoisotopic (exact) mass is 386 g/mol. The fourth-order valence-corrected chi connectivity index (χ4v) is 4.32. The summed E-state index contributed by atoms with van der Waals surface area (Å²) in [5.74, 6) is -0.785. The first-order chi connectivity index (χ1) is 13.1. The van der Waals surface area contributed by atoms with E-state index >= 15 is 0 Å². The van der Waals surface area contributed by atoms with Crippen LogP contribution in [0.5, 0.6) is 0 Å². The number of carbonyl (C=O) groups is 2. The van der Waals surface area contributed by atoms with Gasteiger partial charge in [0.1, 0.15) is 0 Å². The van der Waals surface area contributed by atoms with Crippen molar-refractivity contribution in [1.29, 1.82) is 0 Å². The summed E-state index contributed by atoms with van der Waals surface area (Å²) in [5, 5.41) is 4.92. The van der Waals surface area contributed by atoms with Crippen LogP contribution in [0.2, 0.25) is 0 Å². The zero-order chi connectivity index (χ0) is 18.9. The van der Waals surface area contributed by atoms with Crippen molar-refractivity contribution in [2.24, 2.45) is 0 Å². The van der Waals surface area contributed by atoms with Crippen LogP contribution in [0, 0.1) is 0 Å². The van der Waals surface area contributed by atoms with E-state index in [0.717, 1.165) is 21.7 Å². The molecule has 0 aliphatic carbocycles. The van der Waals surface area contributed by atoms with Gasteiger partial charge in [-0.1, -0.05) is 12.1 Å². The number of nitrogens with one attached hydrogen (secondary N) is 1. The first-order valence-corrected chi connectivity index (χ1v) is 9.92. The van der Waals surface area contributed by atoms with Crippen LogP contribution in [-0.2, 0) is 37.7 Å². The molecule has 0 unspecified atom stereocenters. The van der Waals surface area contributed by atoms with Crippen LogP contribution >= 0.6 is 11.3 Å². The van der Waals surface area contributed by atoms with E-state index in [-0.39, 0.29) is 11.8 Å². The molecule has 2 aliphatic heterocycles. The van der Waals surface area contributed by atoms with Gasteiger partial charge in [0.25, 0.3) is 0 Å². The van der Waals surface area contributed by atoms with Gasteiger partial charge in [-0.2, -0.15) is 0 Å². The average Bonchev–Trinajstić information content (AvgIpc) is 3.38. The standard InChI is InChI=1S/C20H22N2O4S/c1-22-17-5-4-15(11-14(17)12-19(22)24)20(25-8-9-26-20)6-7-21-18(23)13-16-3-2-10-27-16/h2-5,10-11H,6-9,12-13H2,1H3,(H,21,23). The minimum Gasteiger partial charge on any atom is -0.356 e. The van der Waals surface area contributed by atoms with Crippen LogP contribution in [0.1, 0.15) is 22.4 Å². The van der Waals surface area contributed by atoms with Crippen LogP contribution in [-0.4, -0.2) is 38.6 Å². The van der Waals surface area contributed by atoms with E-state index in [4.69, 9.17) is 9.47 Å². The Morgan fingerprint density at radius 3 is 2.85 bits per heavy atom. The summed E-state index contributed by atoms with van der Waals surface area (Å²) in [6.07, 6.45) is 1.30. The predicted molar refractivity (Wildman–Crippen MR) is 103 cm³/mol. The third-order valence-corrected chi connectivity index (χ3v) is 5.92. The molecule has 142 valence electrons. The fraction of sp³-hybridized carbons (Fsp3) is 0.400. The Kier molecular flexibility index (Phi) is 4.99. The molecule has 2 aromatic rings. The summed E-state index contributed by atoms with van der Waals surface area (Å²) in [5.41, 5.74) is 2.82. The summed E-state index contributed by atoms with van der Waals surface area (Å²) in [7, 11) is 1.79. The lowest BCUT2D eigenvalue weighted by Gasteiger charge is -2.28. The molecular weight excluding hydrogens is 364 g/mol. The Morgan fingerprint density at radius 1 is 1.30 bits per heavy atom. The van der Waals surface area contributed by atoms with Crippen molar-refractivity contribution in [3.8, 4) is 0 Å². The van der Waals surface area contributed by atoms with Gasteiger partial charge in [-0.15, -0.1) is 11.3 Å². The van der Waals surface area contributed by atoms with Gasteiger partial charge >= 0.3 is 0 Å². The molecule has 7 heteroatoms. The Labute approximate surface area is 162 Å². The first-order valence-electron chi connectivity index (χ1n) is 9.04. The first kappa shape index (κ1) is 18.2. The maximum atomic E-state index is 12.1. The SMILES string of the molecule is CN1C(=O)Cc2cc(C3(CCNC(=O)Cc4cccs4)OCCO3)ccc21. The molecule has 0 saturated carbocycles. The fourth-order valence-electron chi connectivity index (χ4n) is 3.62. The van der Waals surface area contributed by atoms with Crippen molar-refractivity contribution >= 4 is 28.8 Å². The van der Waals surface area contributed by atoms with Crippen molar-refractivity contribution in [1.82, 2.24) is 5.32 Å². The largest absolute Gasteiger partial charge is 0.356 e. The van der Waals surface area contributed by atoms with Gasteiger partial charge in [0.05, 0.1) is 26.1 Å². The number of benzene rings is 1. The van der Waals surface area contributed by atoms with Crippen molar-refractivity contribution in [3.63, 3.8) is 0 Å². The topological polar surface area (TPSA) is 67.9 Å². The number of carbonyl (C=O) groups excluding carboxylic acids is 2. The molecule has 2 aliphatic rings. The molecule has 1 N–H and O–H groups in total. The maximum Gasteiger partial charge on any atom is 0.231 e. The average molecular weight is 386 g/mol. The molecule has 1 fully saturated rings. The second kappa shape index (κ2) is 7.42. The lowest BCUT2D eigenvalue weighted by molar-refractivity contribution is -0.170. The molecule has 0 bridgehead atoms. The molecule has 0 spiro atoms. The highest BCUT2D eigenvalue weighted by molar-refractivity contribution is 7.10. The maximum absolute atomic E-state index is 12.1. The minimum absolute atomic E-state index is 0.00762. The molecule has 6 nitrogen and oxygen atoms in total. The highest BCUT2D eigenvalue weighted by atomic mass is 32.1. The van der Waals surface area contributed by atoms with E-state index < -0.39 is 5.79 Å². The number of fused-ring (bicyclic) bond motifs is 1. The third-order valence-electron chi connectivity index (χ3n) is 5.04. The summed E-state index contributed by atoms with van der Waals surface area (Å²) < 4.78 is 11.9. The quantitative estimate of drug-likeness (QED) is 0.827. The molecular formula is C20H22N2O4S. The van der Waals surface area contributed by atoms with Crippen LogP contribution in [0.4, 0.5) is 5.69 Å². The van der Waals surface area contributed by atoms with Gasteiger partial charge in [0.2, 0.25) is 11.8 Å². The van der Waals surface area contributed by atoms with Crippen molar-refractivity contribution < 1.29 is 19.1 Å². The molecule has 1 aromatic carbocycles. The Bertz CT molecular complexity index is 844. The predicted octanol–water partition coefficient (Wildman–Crippen LogP) is 2.22. The number of anilines is 1. The lowest BCUT2D eigenvalue weighted by Crippen LogP contribution is -2.34. The molecule has 1 saturated heterocycles. The highest BCUT2D eigenvalue weighted by Crippen LogP contribution is 2.38. The normalized spacial score (nSPS) is 18.0. The van der Waals surface area contributed by atoms with E-state index in [1.165, 1.54) is 0 Å². The van der Waals surface area contributed by atoms with Crippen LogP contribution in [0.3, 0.4) is 0 Å². The van der Waals surface area contributed by atoms with Crippen molar-refractivity contribution in [2.75, 3.05) is 31.7 Å². The molecule has 4 rings (SSSR count). The van der Waals surface area contributed by atoms with Gasteiger partial charge in [-0.25, -0.2) is 0 Å². The molecule has 27 heavy (non-hydrogen) atoms. The van der Waals surface area contributed by atoms with Gasteiger partial charge in [-0.3, -0.25) is 9.59 Å². The Morgan fingerprint density at radius 2 is 2.11 bits per heavy atom. The molecule has 3 heterocycles. The van der Waals surface area contributed by atoms with Crippen LogP contribution < -0.4 is 10.2 Å². The van der Waals surface area contributed by atoms with Gasteiger partial charge in [0, 0.05) is 36.1 Å². The molecule has 0 atom stereocenters. The summed E-state index contributed by atoms with van der Waals surface area (Å²) >= 11 is 1.58. The van der Waals surface area contributed by atoms with Crippen LogP contribution in [0.25, 0.3) is 0 Å². The molecule has 1 aromatic heterocycles. The number of amides is 2. The highest BCUT2D eigenvalue weighted by Gasteiger charge is 2.39. The van der Waals surface area contributed by atoms with E-state index in [9.17, 15) is 9.59 Å². The summed E-state index contributed by atoms with van der Waals surface area (Å²) in [6, 6.07) is 9.79. The van der Waals surface area contributed by atoms with E-state index in [2.05, 4.69) is 5.32 Å². The molecule has 0 radical (unpaired) electrons. The number of thiophene rings is 1. The summed E-state index contributed by atoms with van der Waals surface area (Å²) in [4.78, 5) is 26.8. The zero-order valence-corrected chi connectivity index (χ0v) is 16.0. The van der Waals surface area contributed by atoms with E-state index in [1.54, 1.807) is 23.3 Å². The van der Waals surface area contributed by atoms with E-state index in [0.29, 0.717) is 39.0 Å². The van der Waals surface area contributed by atoms with E-state index in [1.807, 2.05) is 35.7 Å². The number of hydrogen-bond acceptors (Lipinski definition) is 5. The number of likely N-dealkylation sites (N-methyl/N-ethyl adjacent to an activating group) is 1. The molecule has 2 amide bonds. The second-order valence-electron chi connectivity index (χ2n) is 6.78. The minimum atomic E-state index is -0.866. The number of hydrogen-bond donors (Lipinski definition) is 1. The summed E-state index contributed by atoms with van der Waals surface area (Å²) in [6.45, 7) is 1.48. The van der Waals surface area contributed by atoms with Crippen LogP contribution in [0.15, 0.2) is 35.7 Å². The van der Waals surface area contributed by atoms with Gasteiger partial charge in [-0.05, 0) is 29.1 Å². The smallest absolute Gasteiger partial charge is 0.231 e. The number of ether oxygens (including phenoxy) is 2. The Balaban J connectivity index is 1.43. The lowest BCUT2D eigenvalue weighted by atomic mass is 9.98. The van der Waals surface area contributed by atoms with Crippen molar-refractivity contribution in [2.45, 2.75) is 25.0 Å². The number of rotatable bonds is 6. The second-order valence-corrected chi connectivity index (χ2v) is 7.81. The number of nitrogens with zero attached hydrogens (tertiary/aromatic N) is 1.